The zero-order valence-electron chi connectivity index (χ0n) is 8.18. The Kier molecular flexibility index (Phi) is 2.54. The van der Waals surface area contributed by atoms with Crippen molar-refractivity contribution in [2.24, 2.45) is 5.92 Å². The van der Waals surface area contributed by atoms with E-state index >= 15 is 0 Å². The van der Waals surface area contributed by atoms with Crippen molar-refractivity contribution in [1.29, 1.82) is 0 Å². The van der Waals surface area contributed by atoms with Gasteiger partial charge in [0.25, 0.3) is 0 Å². The Hall–Kier alpha value is -0.570. The summed E-state index contributed by atoms with van der Waals surface area (Å²) >= 11 is 0. The van der Waals surface area contributed by atoms with E-state index in [1.54, 1.807) is 0 Å². The lowest BCUT2D eigenvalue weighted by Crippen LogP contribution is -2.51. The van der Waals surface area contributed by atoms with Crippen LogP contribution in [0.2, 0.25) is 0 Å². The lowest BCUT2D eigenvalue weighted by Gasteiger charge is -2.35. The lowest BCUT2D eigenvalue weighted by atomic mass is 9.81. The molecule has 2 aliphatic rings. The van der Waals surface area contributed by atoms with E-state index in [4.69, 9.17) is 0 Å². The molecule has 2 rings (SSSR count). The minimum atomic E-state index is 0.0906. The van der Waals surface area contributed by atoms with Gasteiger partial charge in [0, 0.05) is 6.04 Å². The van der Waals surface area contributed by atoms with E-state index in [-0.39, 0.29) is 11.9 Å². The fraction of sp³-hybridized carbons (Fsp3) is 0.900. The molecule has 2 fully saturated rings. The third kappa shape index (κ3) is 1.85. The van der Waals surface area contributed by atoms with E-state index in [1.165, 1.54) is 12.8 Å². The molecule has 0 bridgehead atoms. The third-order valence-corrected chi connectivity index (χ3v) is 3.32. The normalized spacial score (nSPS) is 38.4. The molecule has 3 heteroatoms. The van der Waals surface area contributed by atoms with Crippen molar-refractivity contribution in [1.82, 2.24) is 10.6 Å². The van der Waals surface area contributed by atoms with Crippen LogP contribution < -0.4 is 10.6 Å². The molecule has 0 spiro atoms. The zero-order valence-corrected chi connectivity index (χ0v) is 8.18. The first-order valence-corrected chi connectivity index (χ1v) is 5.31. The van der Waals surface area contributed by atoms with Gasteiger partial charge in [-0.05, 0) is 38.1 Å². The zero-order chi connectivity index (χ0) is 9.26. The molecule has 1 aliphatic carbocycles. The molecule has 3 nitrogen and oxygen atoms in total. The van der Waals surface area contributed by atoms with Gasteiger partial charge in [-0.15, -0.1) is 0 Å². The molecule has 0 aromatic heterocycles. The van der Waals surface area contributed by atoms with Crippen LogP contribution in [0.15, 0.2) is 0 Å². The second-order valence-electron chi connectivity index (χ2n) is 4.32. The molecule has 1 saturated heterocycles. The molecule has 2 N–H and O–H groups in total. The average Bonchev–Trinajstić information content (AvgIpc) is 2.64. The van der Waals surface area contributed by atoms with Gasteiger partial charge in [0.15, 0.2) is 0 Å². The minimum absolute atomic E-state index is 0.0906. The van der Waals surface area contributed by atoms with Crippen molar-refractivity contribution in [2.75, 3.05) is 6.54 Å². The predicted molar refractivity (Wildman–Crippen MR) is 51.4 cm³/mol. The molecule has 3 atom stereocenters. The summed E-state index contributed by atoms with van der Waals surface area (Å²) in [4.78, 5) is 11.6. The topological polar surface area (TPSA) is 41.1 Å². The molecule has 1 saturated carbocycles. The first-order chi connectivity index (χ1) is 6.27. The van der Waals surface area contributed by atoms with Gasteiger partial charge in [-0.2, -0.15) is 0 Å². The maximum Gasteiger partial charge on any atom is 0.237 e. The monoisotopic (exact) mass is 182 g/mol. The van der Waals surface area contributed by atoms with E-state index in [0.717, 1.165) is 19.4 Å². The van der Waals surface area contributed by atoms with E-state index in [1.807, 2.05) is 0 Å². The van der Waals surface area contributed by atoms with Crippen LogP contribution in [-0.4, -0.2) is 24.5 Å². The van der Waals surface area contributed by atoms with Crippen molar-refractivity contribution in [3.05, 3.63) is 0 Å². The number of hydrogen-bond acceptors (Lipinski definition) is 2. The number of carbonyl (C=O) groups excluding carboxylic acids is 1. The first kappa shape index (κ1) is 9.00. The number of nitrogens with one attached hydrogen (secondary N) is 2. The van der Waals surface area contributed by atoms with Crippen LogP contribution in [0.5, 0.6) is 0 Å². The Morgan fingerprint density at radius 2 is 2.23 bits per heavy atom. The summed E-state index contributed by atoms with van der Waals surface area (Å²) in [6.07, 6.45) is 4.58. The van der Waals surface area contributed by atoms with Crippen molar-refractivity contribution in [2.45, 2.75) is 44.7 Å². The van der Waals surface area contributed by atoms with Gasteiger partial charge in [0.1, 0.15) is 0 Å². The number of amides is 1. The number of carbonyl (C=O) groups is 1. The second kappa shape index (κ2) is 3.66. The van der Waals surface area contributed by atoms with E-state index in [2.05, 4.69) is 17.6 Å². The van der Waals surface area contributed by atoms with Crippen LogP contribution in [0.3, 0.4) is 0 Å². The molecule has 1 heterocycles. The highest BCUT2D eigenvalue weighted by molar-refractivity contribution is 5.82. The van der Waals surface area contributed by atoms with E-state index in [9.17, 15) is 4.79 Å². The summed E-state index contributed by atoms with van der Waals surface area (Å²) in [5.74, 6) is 0.902. The smallest absolute Gasteiger partial charge is 0.237 e. The van der Waals surface area contributed by atoms with Gasteiger partial charge in [-0.1, -0.05) is 6.92 Å². The van der Waals surface area contributed by atoms with Gasteiger partial charge >= 0.3 is 0 Å². The molecule has 1 aliphatic heterocycles. The fourth-order valence-corrected chi connectivity index (χ4v) is 2.07. The van der Waals surface area contributed by atoms with Crippen LogP contribution in [0, 0.1) is 5.92 Å². The maximum atomic E-state index is 11.6. The standard InChI is InChI=1S/C10H18N2O/c1-7-4-5-8(7)12-10(13)9-3-2-6-11-9/h7-9,11H,2-6H2,1H3,(H,12,13). The van der Waals surface area contributed by atoms with Crippen LogP contribution >= 0.6 is 0 Å². The molecule has 1 amide bonds. The summed E-state index contributed by atoms with van der Waals surface area (Å²) in [6, 6.07) is 0.544. The van der Waals surface area contributed by atoms with Crippen LogP contribution in [-0.2, 0) is 4.79 Å². The molecule has 74 valence electrons. The molecule has 13 heavy (non-hydrogen) atoms. The Bertz CT molecular complexity index is 199. The Morgan fingerprint density at radius 3 is 2.69 bits per heavy atom. The quantitative estimate of drug-likeness (QED) is 0.658. The SMILES string of the molecule is CC1CCC1NC(=O)C1CCCN1. The Balaban J connectivity index is 1.77. The molecule has 0 radical (unpaired) electrons. The maximum absolute atomic E-state index is 11.6. The Labute approximate surface area is 79.3 Å². The van der Waals surface area contributed by atoms with E-state index in [0.29, 0.717) is 12.0 Å². The van der Waals surface area contributed by atoms with Gasteiger partial charge in [-0.3, -0.25) is 4.79 Å². The summed E-state index contributed by atoms with van der Waals surface area (Å²) < 4.78 is 0. The highest BCUT2D eigenvalue weighted by Gasteiger charge is 2.31. The predicted octanol–water partition coefficient (Wildman–Crippen LogP) is 0.653. The van der Waals surface area contributed by atoms with Gasteiger partial charge in [0.2, 0.25) is 5.91 Å². The number of hydrogen-bond donors (Lipinski definition) is 2. The van der Waals surface area contributed by atoms with Crippen LogP contribution in [0.25, 0.3) is 0 Å². The van der Waals surface area contributed by atoms with E-state index < -0.39 is 0 Å². The van der Waals surface area contributed by atoms with Gasteiger partial charge in [0.05, 0.1) is 6.04 Å². The molecular weight excluding hydrogens is 164 g/mol. The second-order valence-corrected chi connectivity index (χ2v) is 4.32. The molecule has 3 unspecified atom stereocenters. The summed E-state index contributed by atoms with van der Waals surface area (Å²) in [7, 11) is 0. The highest BCUT2D eigenvalue weighted by Crippen LogP contribution is 2.26. The molecule has 0 aromatic rings. The lowest BCUT2D eigenvalue weighted by molar-refractivity contribution is -0.124. The van der Waals surface area contributed by atoms with Crippen molar-refractivity contribution >= 4 is 5.91 Å². The number of rotatable bonds is 2. The summed E-state index contributed by atoms with van der Waals surface area (Å²) in [5.41, 5.74) is 0. The molecule has 0 aromatic carbocycles. The van der Waals surface area contributed by atoms with Crippen molar-refractivity contribution in [3.63, 3.8) is 0 Å². The van der Waals surface area contributed by atoms with Gasteiger partial charge < -0.3 is 10.6 Å². The minimum Gasteiger partial charge on any atom is -0.352 e. The highest BCUT2D eigenvalue weighted by atomic mass is 16.2. The van der Waals surface area contributed by atoms with Crippen LogP contribution in [0.1, 0.15) is 32.6 Å². The van der Waals surface area contributed by atoms with Crippen molar-refractivity contribution in [3.8, 4) is 0 Å². The van der Waals surface area contributed by atoms with Crippen molar-refractivity contribution < 1.29 is 4.79 Å². The van der Waals surface area contributed by atoms with Crippen LogP contribution in [0.4, 0.5) is 0 Å². The fourth-order valence-electron chi connectivity index (χ4n) is 2.07. The van der Waals surface area contributed by atoms with Gasteiger partial charge in [-0.25, -0.2) is 0 Å². The average molecular weight is 182 g/mol. The molecular formula is C10H18N2O. The third-order valence-electron chi connectivity index (χ3n) is 3.32. The summed E-state index contributed by atoms with van der Waals surface area (Å²) in [6.45, 7) is 3.20. The Morgan fingerprint density at radius 1 is 1.38 bits per heavy atom. The largest absolute Gasteiger partial charge is 0.352 e. The first-order valence-electron chi connectivity index (χ1n) is 5.31. The summed E-state index contributed by atoms with van der Waals surface area (Å²) in [5, 5.41) is 6.32.